The van der Waals surface area contributed by atoms with E-state index in [0.717, 1.165) is 54.8 Å². The van der Waals surface area contributed by atoms with E-state index in [1.165, 1.54) is 51.4 Å². The van der Waals surface area contributed by atoms with Gasteiger partial charge in [0.05, 0.1) is 10.6 Å². The number of halogens is 1. The van der Waals surface area contributed by atoms with Crippen LogP contribution in [0.5, 0.6) is 0 Å². The summed E-state index contributed by atoms with van der Waals surface area (Å²) in [5.74, 6) is 4.83. The van der Waals surface area contributed by atoms with Crippen LogP contribution in [0.3, 0.4) is 0 Å². The number of hydrogen-bond acceptors (Lipinski definition) is 2. The molecule has 5 rings (SSSR count). The lowest BCUT2D eigenvalue weighted by molar-refractivity contribution is -0.0594. The van der Waals surface area contributed by atoms with Gasteiger partial charge < -0.3 is 4.74 Å². The van der Waals surface area contributed by atoms with Crippen molar-refractivity contribution in [1.82, 2.24) is 0 Å². The number of benzene rings is 1. The predicted octanol–water partition coefficient (Wildman–Crippen LogP) is 9.91. The van der Waals surface area contributed by atoms with Crippen LogP contribution in [0.15, 0.2) is 35.9 Å². The van der Waals surface area contributed by atoms with Crippen molar-refractivity contribution in [1.29, 1.82) is 0 Å². The largest absolute Gasteiger partial charge is 0.458 e. The Balaban J connectivity index is 1.26. The van der Waals surface area contributed by atoms with E-state index in [0.29, 0.717) is 16.0 Å². The smallest absolute Gasteiger partial charge is 0.339 e. The van der Waals surface area contributed by atoms with Gasteiger partial charge in [0.25, 0.3) is 0 Å². The molecule has 2 nitrogen and oxygen atoms in total. The van der Waals surface area contributed by atoms with Crippen molar-refractivity contribution >= 4 is 17.6 Å². The summed E-state index contributed by atoms with van der Waals surface area (Å²) in [6.45, 7) is 12.5. The van der Waals surface area contributed by atoms with Crippen molar-refractivity contribution in [3.8, 4) is 0 Å². The van der Waals surface area contributed by atoms with E-state index in [1.54, 1.807) is 17.7 Å². The fourth-order valence-electron chi connectivity index (χ4n) is 9.59. The molecule has 0 saturated heterocycles. The Labute approximate surface area is 231 Å². The van der Waals surface area contributed by atoms with Crippen LogP contribution in [0.2, 0.25) is 5.02 Å². The normalized spacial score (nSPS) is 37.8. The van der Waals surface area contributed by atoms with Crippen LogP contribution >= 0.6 is 11.6 Å². The van der Waals surface area contributed by atoms with Gasteiger partial charge >= 0.3 is 5.97 Å². The van der Waals surface area contributed by atoms with Gasteiger partial charge in [0.1, 0.15) is 6.10 Å². The van der Waals surface area contributed by atoms with Crippen molar-refractivity contribution in [2.24, 2.45) is 46.3 Å². The molecule has 3 heteroatoms. The molecule has 0 heterocycles. The highest BCUT2D eigenvalue weighted by Gasteiger charge is 2.59. The van der Waals surface area contributed by atoms with Gasteiger partial charge in [-0.2, -0.15) is 0 Å². The monoisotopic (exact) mass is 524 g/mol. The Morgan fingerprint density at radius 1 is 1.03 bits per heavy atom. The molecule has 37 heavy (non-hydrogen) atoms. The Kier molecular flexibility index (Phi) is 7.90. The summed E-state index contributed by atoms with van der Waals surface area (Å²) in [5.41, 5.74) is 2.86. The Bertz CT molecular complexity index is 1010. The van der Waals surface area contributed by atoms with Crippen LogP contribution < -0.4 is 0 Å². The summed E-state index contributed by atoms with van der Waals surface area (Å²) in [6.07, 6.45) is 16.6. The first-order chi connectivity index (χ1) is 17.6. The van der Waals surface area contributed by atoms with E-state index in [-0.39, 0.29) is 17.5 Å². The van der Waals surface area contributed by atoms with Gasteiger partial charge in [0.2, 0.25) is 0 Å². The maximum Gasteiger partial charge on any atom is 0.339 e. The molecule has 4 aliphatic rings. The van der Waals surface area contributed by atoms with Crippen LogP contribution in [0.1, 0.15) is 116 Å². The standard InChI is InChI=1S/C34H49ClO2/c1-22(2)9-8-10-23(3)28-15-16-29-26-14-13-24-21-25(37-32(36)27-11-6-7-12-31(27)35)17-19-33(24,4)30(26)18-20-34(28,29)5/h6-7,11-13,22-23,25-26,28-30H,8-10,14-21H2,1-5H3/t23-,25+,26+,28-,29+,30+,33+,34-/m1/s1. The van der Waals surface area contributed by atoms with Crippen molar-refractivity contribution in [3.05, 3.63) is 46.5 Å². The summed E-state index contributed by atoms with van der Waals surface area (Å²) >= 11 is 6.26. The fourth-order valence-corrected chi connectivity index (χ4v) is 9.81. The molecule has 0 N–H and O–H groups in total. The third kappa shape index (κ3) is 5.06. The second-order valence-electron chi connectivity index (χ2n) is 14.0. The molecule has 3 fully saturated rings. The van der Waals surface area contributed by atoms with Gasteiger partial charge in [0, 0.05) is 6.42 Å². The predicted molar refractivity (Wildman–Crippen MR) is 154 cm³/mol. The molecule has 1 aromatic carbocycles. The van der Waals surface area contributed by atoms with Crippen LogP contribution in [-0.2, 0) is 4.74 Å². The van der Waals surface area contributed by atoms with E-state index in [1.807, 2.05) is 12.1 Å². The maximum atomic E-state index is 12.8. The number of esters is 1. The number of carbonyl (C=O) groups excluding carboxylic acids is 1. The molecule has 0 unspecified atom stereocenters. The van der Waals surface area contributed by atoms with E-state index in [9.17, 15) is 4.79 Å². The highest BCUT2D eigenvalue weighted by molar-refractivity contribution is 6.33. The van der Waals surface area contributed by atoms with E-state index in [2.05, 4.69) is 40.7 Å². The third-order valence-electron chi connectivity index (χ3n) is 11.6. The van der Waals surface area contributed by atoms with Crippen molar-refractivity contribution in [2.75, 3.05) is 0 Å². The zero-order chi connectivity index (χ0) is 26.4. The molecule has 8 atom stereocenters. The lowest BCUT2D eigenvalue weighted by Gasteiger charge is -2.58. The number of allylic oxidation sites excluding steroid dienone is 1. The molecular formula is C34H49ClO2. The van der Waals surface area contributed by atoms with Crippen molar-refractivity contribution in [2.45, 2.75) is 111 Å². The summed E-state index contributed by atoms with van der Waals surface area (Å²) in [5, 5.41) is 0.474. The summed E-state index contributed by atoms with van der Waals surface area (Å²) in [6, 6.07) is 7.22. The minimum absolute atomic E-state index is 0.0314. The number of fused-ring (bicyclic) bond motifs is 5. The summed E-state index contributed by atoms with van der Waals surface area (Å²) in [4.78, 5) is 12.8. The van der Waals surface area contributed by atoms with Crippen LogP contribution in [-0.4, -0.2) is 12.1 Å². The number of ether oxygens (including phenoxy) is 1. The number of rotatable bonds is 7. The van der Waals surface area contributed by atoms with Gasteiger partial charge in [0.15, 0.2) is 0 Å². The fraction of sp³-hybridized carbons (Fsp3) is 0.735. The van der Waals surface area contributed by atoms with Crippen LogP contribution in [0.4, 0.5) is 0 Å². The maximum absolute atomic E-state index is 12.8. The van der Waals surface area contributed by atoms with Gasteiger partial charge in [-0.25, -0.2) is 4.79 Å². The van der Waals surface area contributed by atoms with E-state index in [4.69, 9.17) is 16.3 Å². The minimum Gasteiger partial charge on any atom is -0.458 e. The Morgan fingerprint density at radius 3 is 2.57 bits per heavy atom. The molecular weight excluding hydrogens is 476 g/mol. The van der Waals surface area contributed by atoms with Crippen molar-refractivity contribution < 1.29 is 9.53 Å². The lowest BCUT2D eigenvalue weighted by atomic mass is 9.47. The molecule has 1 aromatic rings. The first-order valence-electron chi connectivity index (χ1n) is 15.3. The second-order valence-corrected chi connectivity index (χ2v) is 14.4. The molecule has 3 saturated carbocycles. The highest BCUT2D eigenvalue weighted by Crippen LogP contribution is 2.67. The molecule has 4 aliphatic carbocycles. The average Bonchev–Trinajstić information content (AvgIpc) is 3.21. The zero-order valence-corrected chi connectivity index (χ0v) is 24.7. The molecule has 0 aliphatic heterocycles. The van der Waals surface area contributed by atoms with Crippen molar-refractivity contribution in [3.63, 3.8) is 0 Å². The molecule has 204 valence electrons. The topological polar surface area (TPSA) is 26.3 Å². The zero-order valence-electron chi connectivity index (χ0n) is 23.9. The van der Waals surface area contributed by atoms with E-state index < -0.39 is 0 Å². The Hall–Kier alpha value is -1.28. The lowest BCUT2D eigenvalue weighted by Crippen LogP contribution is -2.51. The molecule has 0 aromatic heterocycles. The quantitative estimate of drug-likeness (QED) is 0.262. The number of carbonyl (C=O) groups is 1. The molecule has 0 spiro atoms. The SMILES string of the molecule is CC(C)CCC[C@@H](C)[C@H]1CC[C@H]2[C@@H]3CC=C4C[C@@H](OC(=O)c5ccccc5Cl)CC[C@]4(C)[C@H]3CC[C@]12C. The van der Waals surface area contributed by atoms with Gasteiger partial charge in [-0.15, -0.1) is 0 Å². The molecule has 0 bridgehead atoms. The summed E-state index contributed by atoms with van der Waals surface area (Å²) < 4.78 is 6.00. The summed E-state index contributed by atoms with van der Waals surface area (Å²) in [7, 11) is 0. The first-order valence-corrected chi connectivity index (χ1v) is 15.7. The van der Waals surface area contributed by atoms with Gasteiger partial charge in [-0.05, 0) is 103 Å². The first kappa shape index (κ1) is 27.3. The average molecular weight is 525 g/mol. The van der Waals surface area contributed by atoms with Crippen LogP contribution in [0.25, 0.3) is 0 Å². The Morgan fingerprint density at radius 2 is 1.81 bits per heavy atom. The third-order valence-corrected chi connectivity index (χ3v) is 12.0. The second kappa shape index (κ2) is 10.7. The molecule has 0 radical (unpaired) electrons. The molecule has 0 amide bonds. The van der Waals surface area contributed by atoms with Gasteiger partial charge in [-0.3, -0.25) is 0 Å². The number of hydrogen-bond donors (Lipinski definition) is 0. The highest BCUT2D eigenvalue weighted by atomic mass is 35.5. The van der Waals surface area contributed by atoms with Crippen LogP contribution in [0, 0.1) is 46.3 Å². The van der Waals surface area contributed by atoms with Gasteiger partial charge in [-0.1, -0.05) is 89.3 Å². The van der Waals surface area contributed by atoms with E-state index >= 15 is 0 Å². The minimum atomic E-state index is -0.276.